The molecule has 5 heteroatoms. The molecule has 290 valence electrons. The molecule has 0 atom stereocenters. The van der Waals surface area contributed by atoms with Gasteiger partial charge < -0.3 is 9.13 Å². The normalized spacial score (nSPS) is 11.5. The number of hydrogen-bond acceptors (Lipinski definition) is 3. The first-order chi connectivity index (χ1) is 30.7. The van der Waals surface area contributed by atoms with Crippen LogP contribution in [0.5, 0.6) is 0 Å². The van der Waals surface area contributed by atoms with E-state index in [0.29, 0.717) is 17.5 Å². The molecule has 0 saturated heterocycles. The van der Waals surface area contributed by atoms with Crippen LogP contribution in [-0.2, 0) is 0 Å². The molecule has 9 aromatic carbocycles. The fourth-order valence-corrected chi connectivity index (χ4v) is 9.01. The molecule has 0 aliphatic rings. The second-order valence-electron chi connectivity index (χ2n) is 15.7. The largest absolute Gasteiger partial charge is 0.309 e. The summed E-state index contributed by atoms with van der Waals surface area (Å²) < 4.78 is 4.72. The summed E-state index contributed by atoms with van der Waals surface area (Å²) in [5.41, 5.74) is 14.5. The monoisotopic (exact) mass is 791 g/mol. The van der Waals surface area contributed by atoms with E-state index < -0.39 is 0 Å². The van der Waals surface area contributed by atoms with Gasteiger partial charge in [-0.1, -0.05) is 146 Å². The molecule has 0 amide bonds. The molecular weight excluding hydrogens is 755 g/mol. The van der Waals surface area contributed by atoms with Crippen molar-refractivity contribution in [3.8, 4) is 67.8 Å². The van der Waals surface area contributed by atoms with Gasteiger partial charge in [-0.05, 0) is 101 Å². The lowest BCUT2D eigenvalue weighted by molar-refractivity contribution is 1.07. The third-order valence-electron chi connectivity index (χ3n) is 12.0. The zero-order valence-corrected chi connectivity index (χ0v) is 33.6. The molecule has 12 aromatic rings. The number of aromatic nitrogens is 5. The second kappa shape index (κ2) is 14.7. The molecule has 0 saturated carbocycles. The van der Waals surface area contributed by atoms with Gasteiger partial charge in [0, 0.05) is 49.6 Å². The van der Waals surface area contributed by atoms with Crippen LogP contribution >= 0.6 is 0 Å². The molecule has 0 aliphatic heterocycles. The van der Waals surface area contributed by atoms with E-state index >= 15 is 0 Å². The van der Waals surface area contributed by atoms with Crippen LogP contribution in [0, 0.1) is 0 Å². The van der Waals surface area contributed by atoms with Gasteiger partial charge in [0.2, 0.25) is 0 Å². The summed E-state index contributed by atoms with van der Waals surface area (Å²) in [6, 6.07) is 79.4. The molecule has 12 rings (SSSR count). The Balaban J connectivity index is 0.915. The molecule has 0 unspecified atom stereocenters. The van der Waals surface area contributed by atoms with Gasteiger partial charge >= 0.3 is 0 Å². The Morgan fingerprint density at radius 3 is 1.05 bits per heavy atom. The summed E-state index contributed by atoms with van der Waals surface area (Å²) in [6.45, 7) is 0. The van der Waals surface area contributed by atoms with Crippen molar-refractivity contribution in [3.63, 3.8) is 0 Å². The van der Waals surface area contributed by atoms with Gasteiger partial charge in [0.25, 0.3) is 0 Å². The Hall–Kier alpha value is -8.41. The lowest BCUT2D eigenvalue weighted by atomic mass is 9.97. The van der Waals surface area contributed by atoms with Crippen molar-refractivity contribution in [3.05, 3.63) is 224 Å². The highest BCUT2D eigenvalue weighted by atomic mass is 15.0. The Morgan fingerprint density at radius 1 is 0.226 bits per heavy atom. The van der Waals surface area contributed by atoms with Gasteiger partial charge in [0.15, 0.2) is 17.5 Å². The maximum atomic E-state index is 4.96. The third kappa shape index (κ3) is 6.06. The molecule has 0 fully saturated rings. The summed E-state index contributed by atoms with van der Waals surface area (Å²) in [4.78, 5) is 14.8. The van der Waals surface area contributed by atoms with E-state index in [-0.39, 0.29) is 0 Å². The summed E-state index contributed by atoms with van der Waals surface area (Å²) in [6.07, 6.45) is 0. The van der Waals surface area contributed by atoms with E-state index in [9.17, 15) is 0 Å². The predicted octanol–water partition coefficient (Wildman–Crippen LogP) is 14.4. The molecule has 0 spiro atoms. The SMILES string of the molecule is c1ccc(-c2nc(-c3ccccc3)nc(-c3ccc(-n4c5ccccc5c5cc(-c6cccc(-c7ccc8c(c7)c7ccccc7n8-c7ccccc7)c6)ccc54)cc3)n2)cc1. The fraction of sp³-hybridized carbons (Fsp3) is 0. The van der Waals surface area contributed by atoms with Crippen molar-refractivity contribution >= 4 is 43.6 Å². The Morgan fingerprint density at radius 2 is 0.565 bits per heavy atom. The Labute approximate surface area is 358 Å². The van der Waals surface area contributed by atoms with Crippen LogP contribution in [0.4, 0.5) is 0 Å². The van der Waals surface area contributed by atoms with E-state index in [1.807, 2.05) is 60.7 Å². The van der Waals surface area contributed by atoms with E-state index in [2.05, 4.69) is 173 Å². The summed E-state index contributed by atoms with van der Waals surface area (Å²) >= 11 is 0. The van der Waals surface area contributed by atoms with Crippen LogP contribution in [0.15, 0.2) is 224 Å². The van der Waals surface area contributed by atoms with Crippen molar-refractivity contribution in [2.75, 3.05) is 0 Å². The van der Waals surface area contributed by atoms with Crippen LogP contribution in [0.2, 0.25) is 0 Å². The van der Waals surface area contributed by atoms with Crippen molar-refractivity contribution in [1.29, 1.82) is 0 Å². The zero-order chi connectivity index (χ0) is 41.0. The van der Waals surface area contributed by atoms with Crippen molar-refractivity contribution in [2.24, 2.45) is 0 Å². The molecular formula is C57H37N5. The minimum atomic E-state index is 0.636. The zero-order valence-electron chi connectivity index (χ0n) is 33.6. The number of nitrogens with zero attached hydrogens (tertiary/aromatic N) is 5. The molecule has 5 nitrogen and oxygen atoms in total. The second-order valence-corrected chi connectivity index (χ2v) is 15.7. The number of para-hydroxylation sites is 3. The highest BCUT2D eigenvalue weighted by molar-refractivity contribution is 6.12. The van der Waals surface area contributed by atoms with Gasteiger partial charge in [-0.2, -0.15) is 0 Å². The van der Waals surface area contributed by atoms with Gasteiger partial charge in [0.1, 0.15) is 0 Å². The lowest BCUT2D eigenvalue weighted by Gasteiger charge is -2.11. The number of fused-ring (bicyclic) bond motifs is 6. The standard InChI is InChI=1S/C57H37N5/c1-4-15-38(16-5-1)55-58-56(39-17-6-2-7-18-39)60-57(59-55)40-27-31-46(32-28-40)62-52-26-13-11-24-48(52)50-37-44(30-34-54(50)62)42-20-14-19-41(35-42)43-29-33-53-49(36-43)47-23-10-12-25-51(47)61(53)45-21-8-3-9-22-45/h1-37H. The highest BCUT2D eigenvalue weighted by Gasteiger charge is 2.17. The van der Waals surface area contributed by atoms with Gasteiger partial charge in [-0.15, -0.1) is 0 Å². The average Bonchev–Trinajstić information content (AvgIpc) is 3.87. The van der Waals surface area contributed by atoms with Gasteiger partial charge in [-0.25, -0.2) is 15.0 Å². The maximum Gasteiger partial charge on any atom is 0.164 e. The first-order valence-corrected chi connectivity index (χ1v) is 20.9. The van der Waals surface area contributed by atoms with Crippen LogP contribution in [0.1, 0.15) is 0 Å². The van der Waals surface area contributed by atoms with Crippen LogP contribution in [0.3, 0.4) is 0 Å². The molecule has 3 heterocycles. The fourth-order valence-electron chi connectivity index (χ4n) is 9.01. The molecule has 0 N–H and O–H groups in total. The summed E-state index contributed by atoms with van der Waals surface area (Å²) in [5.74, 6) is 1.93. The van der Waals surface area contributed by atoms with E-state index in [0.717, 1.165) is 39.1 Å². The first kappa shape index (κ1) is 35.5. The quantitative estimate of drug-likeness (QED) is 0.162. The van der Waals surface area contributed by atoms with Gasteiger partial charge in [-0.3, -0.25) is 0 Å². The first-order valence-electron chi connectivity index (χ1n) is 20.9. The lowest BCUT2D eigenvalue weighted by Crippen LogP contribution is -2.00. The number of benzene rings is 9. The van der Waals surface area contributed by atoms with E-state index in [1.54, 1.807) is 0 Å². The Bertz CT molecular complexity index is 3550. The van der Waals surface area contributed by atoms with Crippen LogP contribution in [0.25, 0.3) is 111 Å². The Kier molecular flexibility index (Phi) is 8.42. The summed E-state index contributed by atoms with van der Waals surface area (Å²) in [7, 11) is 0. The third-order valence-corrected chi connectivity index (χ3v) is 12.0. The summed E-state index contributed by atoms with van der Waals surface area (Å²) in [5, 5.41) is 4.92. The van der Waals surface area contributed by atoms with Crippen molar-refractivity contribution in [2.45, 2.75) is 0 Å². The predicted molar refractivity (Wildman–Crippen MR) is 256 cm³/mol. The average molecular weight is 792 g/mol. The van der Waals surface area contributed by atoms with Crippen molar-refractivity contribution in [1.82, 2.24) is 24.1 Å². The number of rotatable bonds is 7. The molecule has 62 heavy (non-hydrogen) atoms. The molecule has 0 bridgehead atoms. The van der Waals surface area contributed by atoms with E-state index in [4.69, 9.17) is 15.0 Å². The molecule has 0 aliphatic carbocycles. The van der Waals surface area contributed by atoms with Crippen LogP contribution in [-0.4, -0.2) is 24.1 Å². The highest BCUT2D eigenvalue weighted by Crippen LogP contribution is 2.38. The van der Waals surface area contributed by atoms with Crippen molar-refractivity contribution < 1.29 is 0 Å². The minimum Gasteiger partial charge on any atom is -0.309 e. The number of hydrogen-bond donors (Lipinski definition) is 0. The molecule has 0 radical (unpaired) electrons. The topological polar surface area (TPSA) is 48.5 Å². The minimum absolute atomic E-state index is 0.636. The molecule has 3 aromatic heterocycles. The smallest absolute Gasteiger partial charge is 0.164 e. The van der Waals surface area contributed by atoms with Gasteiger partial charge in [0.05, 0.1) is 22.1 Å². The van der Waals surface area contributed by atoms with Crippen LogP contribution < -0.4 is 0 Å². The van der Waals surface area contributed by atoms with E-state index in [1.165, 1.54) is 54.8 Å². The maximum absolute atomic E-state index is 4.96.